The predicted molar refractivity (Wildman–Crippen MR) is 134 cm³/mol. The number of aromatic amines is 1. The Labute approximate surface area is 208 Å². The van der Waals surface area contributed by atoms with Gasteiger partial charge in [-0.1, -0.05) is 24.3 Å². The minimum Gasteiger partial charge on any atom is -0.493 e. The van der Waals surface area contributed by atoms with Crippen molar-refractivity contribution in [3.8, 4) is 11.8 Å². The molecule has 1 aliphatic rings. The molecule has 0 radical (unpaired) electrons. The van der Waals surface area contributed by atoms with Gasteiger partial charge in [-0.3, -0.25) is 4.90 Å². The van der Waals surface area contributed by atoms with Gasteiger partial charge in [-0.05, 0) is 76.3 Å². The van der Waals surface area contributed by atoms with Crippen molar-refractivity contribution in [2.24, 2.45) is 0 Å². The first kappa shape index (κ1) is 23.8. The van der Waals surface area contributed by atoms with Gasteiger partial charge in [0.15, 0.2) is 0 Å². The number of carbonyl (C=O) groups is 1. The molecule has 0 spiro atoms. The number of halogens is 1. The number of amides is 1. The molecule has 8 nitrogen and oxygen atoms in total. The molecular formula is C27H30FN5O3. The SMILES string of the molecule is CC(C)(C)OC(=O)N1CCC[C@H]1c1nn(-c2nc3ccccc3[nH]2)c(O)c1CCc1ccc(F)cc1. The average molecular weight is 492 g/mol. The van der Waals surface area contributed by atoms with Gasteiger partial charge >= 0.3 is 6.09 Å². The second kappa shape index (κ2) is 9.29. The van der Waals surface area contributed by atoms with E-state index >= 15 is 0 Å². The molecule has 5 rings (SSSR count). The first-order chi connectivity index (χ1) is 17.2. The number of ether oxygens (including phenoxy) is 1. The van der Waals surface area contributed by atoms with Crippen molar-refractivity contribution in [1.29, 1.82) is 0 Å². The van der Waals surface area contributed by atoms with Gasteiger partial charge in [0.05, 0.1) is 22.8 Å². The van der Waals surface area contributed by atoms with Crippen molar-refractivity contribution in [3.63, 3.8) is 0 Å². The van der Waals surface area contributed by atoms with E-state index in [2.05, 4.69) is 9.97 Å². The molecule has 4 aromatic rings. The topological polar surface area (TPSA) is 96.3 Å². The third-order valence-electron chi connectivity index (χ3n) is 6.34. The van der Waals surface area contributed by atoms with Crippen LogP contribution in [-0.4, -0.2) is 48.0 Å². The fourth-order valence-electron chi connectivity index (χ4n) is 4.66. The molecule has 1 fully saturated rings. The van der Waals surface area contributed by atoms with Crippen LogP contribution in [0.4, 0.5) is 9.18 Å². The predicted octanol–water partition coefficient (Wildman–Crippen LogP) is 5.45. The van der Waals surface area contributed by atoms with Gasteiger partial charge < -0.3 is 14.8 Å². The van der Waals surface area contributed by atoms with E-state index in [1.165, 1.54) is 16.8 Å². The summed E-state index contributed by atoms with van der Waals surface area (Å²) in [6.45, 7) is 6.07. The minimum atomic E-state index is -0.620. The molecule has 2 aromatic heterocycles. The van der Waals surface area contributed by atoms with E-state index in [1.807, 2.05) is 45.0 Å². The average Bonchev–Trinajstić information content (AvgIpc) is 3.54. The highest BCUT2D eigenvalue weighted by Gasteiger charge is 2.37. The number of rotatable bonds is 5. The molecule has 2 N–H and O–H groups in total. The van der Waals surface area contributed by atoms with E-state index in [1.54, 1.807) is 17.0 Å². The summed E-state index contributed by atoms with van der Waals surface area (Å²) in [5.41, 5.74) is 3.17. The molecule has 0 unspecified atom stereocenters. The Morgan fingerprint density at radius 3 is 2.64 bits per heavy atom. The van der Waals surface area contributed by atoms with Crippen molar-refractivity contribution in [1.82, 2.24) is 24.6 Å². The quantitative estimate of drug-likeness (QED) is 0.387. The number of aryl methyl sites for hydroxylation is 1. The summed E-state index contributed by atoms with van der Waals surface area (Å²) in [6.07, 6.45) is 2.16. The Bertz CT molecular complexity index is 1350. The van der Waals surface area contributed by atoms with Crippen molar-refractivity contribution >= 4 is 17.1 Å². The number of para-hydroxylation sites is 2. The zero-order valence-corrected chi connectivity index (χ0v) is 20.7. The van der Waals surface area contributed by atoms with Crippen molar-refractivity contribution in [3.05, 3.63) is 71.2 Å². The molecule has 0 bridgehead atoms. The number of nitrogens with zero attached hydrogens (tertiary/aromatic N) is 4. The minimum absolute atomic E-state index is 0.0257. The Balaban J connectivity index is 1.53. The highest BCUT2D eigenvalue weighted by molar-refractivity contribution is 5.76. The van der Waals surface area contributed by atoms with Crippen LogP contribution in [0.3, 0.4) is 0 Å². The maximum atomic E-state index is 13.4. The lowest BCUT2D eigenvalue weighted by atomic mass is 10.0. The van der Waals surface area contributed by atoms with E-state index in [4.69, 9.17) is 9.84 Å². The Morgan fingerprint density at radius 1 is 1.17 bits per heavy atom. The highest BCUT2D eigenvalue weighted by atomic mass is 19.1. The smallest absolute Gasteiger partial charge is 0.410 e. The lowest BCUT2D eigenvalue weighted by Gasteiger charge is -2.28. The Hall–Kier alpha value is -3.88. The molecule has 0 saturated carbocycles. The third kappa shape index (κ3) is 4.78. The maximum Gasteiger partial charge on any atom is 0.410 e. The molecule has 36 heavy (non-hydrogen) atoms. The van der Waals surface area contributed by atoms with Gasteiger partial charge in [-0.15, -0.1) is 0 Å². The first-order valence-corrected chi connectivity index (χ1v) is 12.2. The number of H-pyrrole nitrogens is 1. The van der Waals surface area contributed by atoms with Gasteiger partial charge in [0.1, 0.15) is 11.4 Å². The second-order valence-corrected chi connectivity index (χ2v) is 10.1. The van der Waals surface area contributed by atoms with Gasteiger partial charge in [-0.25, -0.2) is 14.2 Å². The van der Waals surface area contributed by atoms with Gasteiger partial charge in [0.2, 0.25) is 11.8 Å². The number of hydrogen-bond donors (Lipinski definition) is 2. The first-order valence-electron chi connectivity index (χ1n) is 12.2. The molecule has 1 amide bonds. The number of likely N-dealkylation sites (tertiary alicyclic amines) is 1. The molecule has 188 valence electrons. The highest BCUT2D eigenvalue weighted by Crippen LogP contribution is 2.38. The number of hydrogen-bond acceptors (Lipinski definition) is 5. The van der Waals surface area contributed by atoms with E-state index < -0.39 is 11.7 Å². The molecule has 3 heterocycles. The summed E-state index contributed by atoms with van der Waals surface area (Å²) >= 11 is 0. The van der Waals surface area contributed by atoms with Crippen LogP contribution in [-0.2, 0) is 17.6 Å². The van der Waals surface area contributed by atoms with Gasteiger partial charge in [0, 0.05) is 12.1 Å². The van der Waals surface area contributed by atoms with Crippen LogP contribution in [0.15, 0.2) is 48.5 Å². The van der Waals surface area contributed by atoms with Crippen molar-refractivity contribution < 1.29 is 19.0 Å². The monoisotopic (exact) mass is 491 g/mol. The maximum absolute atomic E-state index is 13.4. The molecule has 1 aliphatic heterocycles. The van der Waals surface area contributed by atoms with E-state index in [9.17, 15) is 14.3 Å². The van der Waals surface area contributed by atoms with Crippen LogP contribution in [0.1, 0.15) is 56.5 Å². The summed E-state index contributed by atoms with van der Waals surface area (Å²) in [5, 5.41) is 16.1. The van der Waals surface area contributed by atoms with Crippen LogP contribution in [0.5, 0.6) is 5.88 Å². The molecule has 9 heteroatoms. The number of aromatic hydroxyl groups is 1. The zero-order valence-electron chi connectivity index (χ0n) is 20.7. The largest absolute Gasteiger partial charge is 0.493 e. The van der Waals surface area contributed by atoms with E-state index in [0.717, 1.165) is 23.0 Å². The van der Waals surface area contributed by atoms with E-state index in [-0.39, 0.29) is 17.7 Å². The molecule has 1 saturated heterocycles. The number of imidazole rings is 1. The zero-order chi connectivity index (χ0) is 25.4. The number of fused-ring (bicyclic) bond motifs is 1. The summed E-state index contributed by atoms with van der Waals surface area (Å²) in [5.74, 6) is 0.0750. The van der Waals surface area contributed by atoms with Crippen LogP contribution < -0.4 is 0 Å². The fraction of sp³-hybridized carbons (Fsp3) is 0.370. The van der Waals surface area contributed by atoms with Crippen molar-refractivity contribution in [2.45, 2.75) is 58.1 Å². The number of aromatic nitrogens is 4. The normalized spacial score (nSPS) is 16.1. The third-order valence-corrected chi connectivity index (χ3v) is 6.34. The Morgan fingerprint density at radius 2 is 1.92 bits per heavy atom. The van der Waals surface area contributed by atoms with Crippen LogP contribution >= 0.6 is 0 Å². The van der Waals surface area contributed by atoms with Crippen LogP contribution in [0.2, 0.25) is 0 Å². The lowest BCUT2D eigenvalue weighted by Crippen LogP contribution is -2.36. The Kier molecular flexibility index (Phi) is 6.15. The van der Waals surface area contributed by atoms with Crippen molar-refractivity contribution in [2.75, 3.05) is 6.54 Å². The molecule has 2 aromatic carbocycles. The summed E-state index contributed by atoms with van der Waals surface area (Å²) < 4.78 is 20.4. The molecule has 1 atom stereocenters. The summed E-state index contributed by atoms with van der Waals surface area (Å²) in [6, 6.07) is 13.6. The number of carbonyl (C=O) groups excluding carboxylic acids is 1. The second-order valence-electron chi connectivity index (χ2n) is 10.1. The lowest BCUT2D eigenvalue weighted by molar-refractivity contribution is 0.0220. The molecular weight excluding hydrogens is 461 g/mol. The summed E-state index contributed by atoms with van der Waals surface area (Å²) in [7, 11) is 0. The standard InChI is InChI=1S/C27H30FN5O3/c1-27(2,3)36-26(35)32-16-6-9-22(32)23-19(15-12-17-10-13-18(28)14-11-17)24(34)33(31-23)25-29-20-7-4-5-8-21(20)30-25/h4-5,7-8,10-11,13-14,22,34H,6,9,12,15-16H2,1-3H3,(H,29,30)/t22-/m0/s1. The van der Waals surface area contributed by atoms with Crippen LogP contribution in [0.25, 0.3) is 17.0 Å². The number of benzene rings is 2. The van der Waals surface area contributed by atoms with Gasteiger partial charge in [-0.2, -0.15) is 9.78 Å². The summed E-state index contributed by atoms with van der Waals surface area (Å²) in [4.78, 5) is 22.5. The fourth-order valence-corrected chi connectivity index (χ4v) is 4.66. The van der Waals surface area contributed by atoms with E-state index in [0.29, 0.717) is 43.0 Å². The molecule has 0 aliphatic carbocycles. The van der Waals surface area contributed by atoms with Crippen LogP contribution in [0, 0.1) is 5.82 Å². The van der Waals surface area contributed by atoms with Gasteiger partial charge in [0.25, 0.3) is 0 Å². The number of nitrogens with one attached hydrogen (secondary N) is 1.